The van der Waals surface area contributed by atoms with Gasteiger partial charge in [-0.05, 0) is 12.5 Å². The lowest BCUT2D eigenvalue weighted by Crippen LogP contribution is -2.05. The highest BCUT2D eigenvalue weighted by atomic mass is 16.1. The molecule has 3 heteroatoms. The van der Waals surface area contributed by atoms with E-state index in [2.05, 4.69) is 16.5 Å². The van der Waals surface area contributed by atoms with Crippen molar-refractivity contribution in [1.82, 2.24) is 9.97 Å². The van der Waals surface area contributed by atoms with Crippen LogP contribution in [-0.2, 0) is 0 Å². The van der Waals surface area contributed by atoms with Gasteiger partial charge in [0.15, 0.2) is 5.82 Å². The summed E-state index contributed by atoms with van der Waals surface area (Å²) in [7, 11) is 0. The quantitative estimate of drug-likeness (QED) is 0.520. The van der Waals surface area contributed by atoms with E-state index in [0.717, 1.165) is 12.0 Å². The molecule has 0 aliphatic carbocycles. The molecule has 0 bridgehead atoms. The van der Waals surface area contributed by atoms with E-state index in [1.165, 1.54) is 0 Å². The lowest BCUT2D eigenvalue weighted by atomic mass is 10.1. The van der Waals surface area contributed by atoms with E-state index in [-0.39, 0.29) is 11.6 Å². The molecule has 0 atom stereocenters. The summed E-state index contributed by atoms with van der Waals surface area (Å²) < 4.78 is 0. The molecule has 1 aromatic heterocycles. The van der Waals surface area contributed by atoms with Crippen molar-refractivity contribution < 1.29 is 4.79 Å². The second-order valence-electron chi connectivity index (χ2n) is 2.78. The summed E-state index contributed by atoms with van der Waals surface area (Å²) in [6, 6.07) is 1.69. The second-order valence-corrected chi connectivity index (χ2v) is 2.78. The summed E-state index contributed by atoms with van der Waals surface area (Å²) in [4.78, 5) is 19.2. The first kappa shape index (κ1) is 9.58. The predicted octanol–water partition coefficient (Wildman–Crippen LogP) is 2.02. The van der Waals surface area contributed by atoms with Crippen LogP contribution in [0, 0.1) is 0 Å². The van der Waals surface area contributed by atoms with Crippen molar-refractivity contribution in [3.05, 3.63) is 36.4 Å². The summed E-state index contributed by atoms with van der Waals surface area (Å²) in [6.07, 6.45) is 4.29. The molecule has 0 saturated heterocycles. The highest BCUT2D eigenvalue weighted by molar-refractivity contribution is 5.93. The molecule has 1 aromatic rings. The number of Topliss-reactive ketones (excluding diaryl/α,β-unsaturated/α-hetero) is 1. The maximum Gasteiger partial charge on any atom is 0.204 e. The van der Waals surface area contributed by atoms with E-state index in [9.17, 15) is 4.79 Å². The van der Waals surface area contributed by atoms with Gasteiger partial charge in [-0.2, -0.15) is 0 Å². The monoisotopic (exact) mass is 176 g/mol. The van der Waals surface area contributed by atoms with Crippen molar-refractivity contribution in [3.63, 3.8) is 0 Å². The van der Waals surface area contributed by atoms with Crippen molar-refractivity contribution in [2.24, 2.45) is 0 Å². The van der Waals surface area contributed by atoms with Crippen molar-refractivity contribution in [2.75, 3.05) is 0 Å². The maximum absolute atomic E-state index is 11.4. The van der Waals surface area contributed by atoms with E-state index in [0.29, 0.717) is 6.42 Å². The number of rotatable bonds is 4. The normalized spacial score (nSPS) is 9.62. The Balaban J connectivity index is 2.65. The third-order valence-electron chi connectivity index (χ3n) is 1.73. The fraction of sp³-hybridized carbons (Fsp3) is 0.300. The Morgan fingerprint density at radius 1 is 1.46 bits per heavy atom. The number of nitrogens with zero attached hydrogens (tertiary/aromatic N) is 2. The highest BCUT2D eigenvalue weighted by Crippen LogP contribution is 2.06. The van der Waals surface area contributed by atoms with Crippen LogP contribution in [0.4, 0.5) is 0 Å². The zero-order chi connectivity index (χ0) is 9.68. The molecule has 0 aromatic carbocycles. The third-order valence-corrected chi connectivity index (χ3v) is 1.73. The topological polar surface area (TPSA) is 42.9 Å². The summed E-state index contributed by atoms with van der Waals surface area (Å²) in [6.45, 7) is 5.74. The van der Waals surface area contributed by atoms with Crippen LogP contribution in [0.5, 0.6) is 0 Å². The summed E-state index contributed by atoms with van der Waals surface area (Å²) >= 11 is 0. The molecule has 0 spiro atoms. The van der Waals surface area contributed by atoms with Gasteiger partial charge in [0.25, 0.3) is 0 Å². The Bertz CT molecular complexity index is 306. The standard InChI is InChI=1S/C10H12N2O/c1-3-8(2)7-9(13)10-11-5-4-6-12-10/h4-6H,2-3,7H2,1H3. The molecule has 0 amide bonds. The van der Waals surface area contributed by atoms with Crippen LogP contribution in [0.2, 0.25) is 0 Å². The third kappa shape index (κ3) is 2.78. The largest absolute Gasteiger partial charge is 0.290 e. The van der Waals surface area contributed by atoms with Crippen LogP contribution in [0.15, 0.2) is 30.6 Å². The average Bonchev–Trinajstić information content (AvgIpc) is 2.19. The number of hydrogen-bond donors (Lipinski definition) is 0. The number of allylic oxidation sites excluding steroid dienone is 1. The van der Waals surface area contributed by atoms with Gasteiger partial charge in [0.05, 0.1) is 0 Å². The van der Waals surface area contributed by atoms with Gasteiger partial charge in [-0.25, -0.2) is 9.97 Å². The van der Waals surface area contributed by atoms with Crippen molar-refractivity contribution in [3.8, 4) is 0 Å². The van der Waals surface area contributed by atoms with Gasteiger partial charge in [0.1, 0.15) is 0 Å². The van der Waals surface area contributed by atoms with Gasteiger partial charge in [-0.3, -0.25) is 4.79 Å². The van der Waals surface area contributed by atoms with Crippen LogP contribution in [0.25, 0.3) is 0 Å². The minimum absolute atomic E-state index is 0.0625. The first-order valence-electron chi connectivity index (χ1n) is 4.21. The van der Waals surface area contributed by atoms with Crippen LogP contribution < -0.4 is 0 Å². The van der Waals surface area contributed by atoms with Gasteiger partial charge in [-0.1, -0.05) is 19.1 Å². The molecule has 1 heterocycles. The predicted molar refractivity (Wildman–Crippen MR) is 50.4 cm³/mol. The van der Waals surface area contributed by atoms with Crippen molar-refractivity contribution >= 4 is 5.78 Å². The molecular weight excluding hydrogens is 164 g/mol. The Hall–Kier alpha value is -1.51. The minimum atomic E-state index is -0.0625. The first-order valence-corrected chi connectivity index (χ1v) is 4.21. The van der Waals surface area contributed by atoms with Crippen LogP contribution in [-0.4, -0.2) is 15.8 Å². The maximum atomic E-state index is 11.4. The number of ketones is 1. The molecule has 0 N–H and O–H groups in total. The van der Waals surface area contributed by atoms with Crippen LogP contribution in [0.1, 0.15) is 30.4 Å². The smallest absolute Gasteiger partial charge is 0.204 e. The number of carbonyl (C=O) groups excluding carboxylic acids is 1. The fourth-order valence-corrected chi connectivity index (χ4v) is 0.874. The van der Waals surface area contributed by atoms with Crippen molar-refractivity contribution in [1.29, 1.82) is 0 Å². The van der Waals surface area contributed by atoms with Gasteiger partial charge in [0.2, 0.25) is 5.78 Å². The van der Waals surface area contributed by atoms with Crippen LogP contribution in [0.3, 0.4) is 0 Å². The van der Waals surface area contributed by atoms with E-state index >= 15 is 0 Å². The zero-order valence-corrected chi connectivity index (χ0v) is 7.66. The SMILES string of the molecule is C=C(CC)CC(=O)c1ncccn1. The van der Waals surface area contributed by atoms with E-state index in [1.54, 1.807) is 18.5 Å². The fourth-order valence-electron chi connectivity index (χ4n) is 0.874. The molecule has 3 nitrogen and oxygen atoms in total. The Morgan fingerprint density at radius 3 is 2.62 bits per heavy atom. The molecule has 0 aliphatic rings. The lowest BCUT2D eigenvalue weighted by Gasteiger charge is -1.99. The minimum Gasteiger partial charge on any atom is -0.290 e. The molecule has 1 rings (SSSR count). The number of hydrogen-bond acceptors (Lipinski definition) is 3. The first-order chi connectivity index (χ1) is 6.24. The van der Waals surface area contributed by atoms with E-state index in [4.69, 9.17) is 0 Å². The Morgan fingerprint density at radius 2 is 2.08 bits per heavy atom. The van der Waals surface area contributed by atoms with Gasteiger partial charge < -0.3 is 0 Å². The van der Waals surface area contributed by atoms with Gasteiger partial charge in [-0.15, -0.1) is 0 Å². The highest BCUT2D eigenvalue weighted by Gasteiger charge is 2.08. The van der Waals surface area contributed by atoms with E-state index in [1.807, 2.05) is 6.92 Å². The molecule has 0 aliphatic heterocycles. The van der Waals surface area contributed by atoms with Gasteiger partial charge in [0, 0.05) is 18.8 Å². The Labute approximate surface area is 77.5 Å². The van der Waals surface area contributed by atoms with Crippen molar-refractivity contribution in [2.45, 2.75) is 19.8 Å². The molecule has 68 valence electrons. The summed E-state index contributed by atoms with van der Waals surface area (Å²) in [5.74, 6) is 0.213. The molecule has 0 unspecified atom stereocenters. The lowest BCUT2D eigenvalue weighted by molar-refractivity contribution is 0.0982. The van der Waals surface area contributed by atoms with E-state index < -0.39 is 0 Å². The van der Waals surface area contributed by atoms with Gasteiger partial charge >= 0.3 is 0 Å². The van der Waals surface area contributed by atoms with Crippen LogP contribution >= 0.6 is 0 Å². The summed E-state index contributed by atoms with van der Waals surface area (Å²) in [5.41, 5.74) is 0.914. The zero-order valence-electron chi connectivity index (χ0n) is 7.66. The number of aromatic nitrogens is 2. The number of carbonyl (C=O) groups is 1. The summed E-state index contributed by atoms with van der Waals surface area (Å²) in [5, 5.41) is 0. The molecule has 0 saturated carbocycles. The molecule has 0 radical (unpaired) electrons. The molecule has 13 heavy (non-hydrogen) atoms. The average molecular weight is 176 g/mol. The molecular formula is C10H12N2O. The second kappa shape index (κ2) is 4.50. The Kier molecular flexibility index (Phi) is 3.31. The molecule has 0 fully saturated rings.